The molecule has 0 radical (unpaired) electrons. The average molecular weight is 574 g/mol. The van der Waals surface area contributed by atoms with Crippen LogP contribution in [0.5, 0.6) is 5.75 Å². The number of halogens is 1. The van der Waals surface area contributed by atoms with Gasteiger partial charge in [0.1, 0.15) is 24.1 Å². The fraction of sp³-hybridized carbons (Fsp3) is 0.565. The second-order valence-electron chi connectivity index (χ2n) is 7.97. The highest BCUT2D eigenvalue weighted by Gasteiger charge is 2.42. The Morgan fingerprint density at radius 1 is 1.33 bits per heavy atom. The number of hydrogen-bond donors (Lipinski definition) is 3. The van der Waals surface area contributed by atoms with Crippen LogP contribution in [0.25, 0.3) is 0 Å². The van der Waals surface area contributed by atoms with Crippen molar-refractivity contribution in [3.63, 3.8) is 0 Å². The van der Waals surface area contributed by atoms with Crippen molar-refractivity contribution in [3.05, 3.63) is 39.5 Å². The quantitative estimate of drug-likeness (QED) is 0.355. The van der Waals surface area contributed by atoms with Crippen LogP contribution in [-0.2, 0) is 19.1 Å². The molecule has 0 aromatic heterocycles. The Bertz CT molecular complexity index is 844. The number of carbonyl (C=O) groups is 2. The van der Waals surface area contributed by atoms with E-state index < -0.39 is 24.4 Å². The summed E-state index contributed by atoms with van der Waals surface area (Å²) >= 11 is 2.14. The normalized spacial score (nSPS) is 24.8. The van der Waals surface area contributed by atoms with Gasteiger partial charge in [-0.3, -0.25) is 9.59 Å². The summed E-state index contributed by atoms with van der Waals surface area (Å²) in [4.78, 5) is 27.6. The molecule has 4 atom stereocenters. The van der Waals surface area contributed by atoms with E-state index in [0.29, 0.717) is 24.4 Å². The summed E-state index contributed by atoms with van der Waals surface area (Å²) in [7, 11) is 1.54. The van der Waals surface area contributed by atoms with Crippen molar-refractivity contribution >= 4 is 34.4 Å². The first-order valence-electron chi connectivity index (χ1n) is 11.1. The van der Waals surface area contributed by atoms with E-state index in [0.717, 1.165) is 9.99 Å². The van der Waals surface area contributed by atoms with Crippen molar-refractivity contribution in [2.24, 2.45) is 0 Å². The lowest BCUT2D eigenvalue weighted by molar-refractivity contribution is -0.149. The van der Waals surface area contributed by atoms with E-state index in [1.165, 1.54) is 0 Å². The summed E-state index contributed by atoms with van der Waals surface area (Å²) in [6, 6.07) is 6.67. The van der Waals surface area contributed by atoms with E-state index in [1.54, 1.807) is 24.2 Å². The molecule has 2 amide bonds. The number of para-hydroxylation sites is 1. The van der Waals surface area contributed by atoms with Crippen LogP contribution < -0.4 is 10.1 Å². The number of ether oxygens (including phenoxy) is 3. The van der Waals surface area contributed by atoms with Gasteiger partial charge in [0.05, 0.1) is 22.8 Å². The molecule has 2 aliphatic rings. The minimum Gasteiger partial charge on any atom is -0.482 e. The summed E-state index contributed by atoms with van der Waals surface area (Å²) in [5.41, 5.74) is 0.386. The SMILES string of the molecule is COCCN(C(=O)C1CCCO1)C1CC(C(=O)NCCO)=CC(Oc2ccccc2I)C1O. The zero-order valence-electron chi connectivity index (χ0n) is 18.6. The van der Waals surface area contributed by atoms with Gasteiger partial charge in [-0.05, 0) is 53.6 Å². The molecule has 0 bridgehead atoms. The summed E-state index contributed by atoms with van der Waals surface area (Å²) in [5.74, 6) is -0.0183. The number of amides is 2. The first kappa shape index (κ1) is 25.9. The molecular weight excluding hydrogens is 543 g/mol. The van der Waals surface area contributed by atoms with Crippen LogP contribution >= 0.6 is 22.6 Å². The van der Waals surface area contributed by atoms with Crippen molar-refractivity contribution in [1.29, 1.82) is 0 Å². The number of hydrogen-bond acceptors (Lipinski definition) is 7. The second kappa shape index (κ2) is 12.7. The monoisotopic (exact) mass is 574 g/mol. The molecule has 1 heterocycles. The van der Waals surface area contributed by atoms with Gasteiger partial charge >= 0.3 is 0 Å². The maximum atomic E-state index is 13.3. The van der Waals surface area contributed by atoms with Crippen molar-refractivity contribution in [1.82, 2.24) is 10.2 Å². The summed E-state index contributed by atoms with van der Waals surface area (Å²) in [6.07, 6.45) is 0.672. The van der Waals surface area contributed by atoms with Gasteiger partial charge in [0.2, 0.25) is 5.91 Å². The highest BCUT2D eigenvalue weighted by Crippen LogP contribution is 2.30. The van der Waals surface area contributed by atoms with Gasteiger partial charge in [-0.25, -0.2) is 0 Å². The number of benzene rings is 1. The Kier molecular flexibility index (Phi) is 9.93. The molecule has 0 saturated carbocycles. The molecule has 1 aromatic carbocycles. The number of aliphatic hydroxyl groups is 2. The largest absolute Gasteiger partial charge is 0.482 e. The van der Waals surface area contributed by atoms with Gasteiger partial charge in [0, 0.05) is 38.8 Å². The molecule has 3 N–H and O–H groups in total. The van der Waals surface area contributed by atoms with Crippen LogP contribution in [-0.4, -0.2) is 91.3 Å². The number of methoxy groups -OCH3 is 1. The lowest BCUT2D eigenvalue weighted by Gasteiger charge is -2.41. The van der Waals surface area contributed by atoms with E-state index in [2.05, 4.69) is 27.9 Å². The van der Waals surface area contributed by atoms with E-state index in [-0.39, 0.29) is 44.5 Å². The predicted octanol–water partition coefficient (Wildman–Crippen LogP) is 0.861. The highest BCUT2D eigenvalue weighted by atomic mass is 127. The second-order valence-corrected chi connectivity index (χ2v) is 9.13. The Labute approximate surface area is 207 Å². The van der Waals surface area contributed by atoms with Gasteiger partial charge in [-0.2, -0.15) is 0 Å². The molecule has 1 aliphatic heterocycles. The van der Waals surface area contributed by atoms with Gasteiger partial charge in [0.15, 0.2) is 0 Å². The Hall–Kier alpha value is -1.73. The van der Waals surface area contributed by atoms with Gasteiger partial charge in [-0.15, -0.1) is 0 Å². The van der Waals surface area contributed by atoms with Gasteiger partial charge in [-0.1, -0.05) is 12.1 Å². The molecule has 1 saturated heterocycles. The topological polar surface area (TPSA) is 118 Å². The fourth-order valence-electron chi connectivity index (χ4n) is 4.05. The first-order chi connectivity index (χ1) is 16.0. The number of nitrogens with zero attached hydrogens (tertiary/aromatic N) is 1. The molecule has 4 unspecified atom stereocenters. The van der Waals surface area contributed by atoms with Crippen LogP contribution in [0.1, 0.15) is 19.3 Å². The third kappa shape index (κ3) is 6.66. The maximum Gasteiger partial charge on any atom is 0.252 e. The summed E-state index contributed by atoms with van der Waals surface area (Å²) in [6.45, 7) is 0.963. The fourth-order valence-corrected chi connectivity index (χ4v) is 4.57. The molecule has 33 heavy (non-hydrogen) atoms. The number of rotatable bonds is 10. The Balaban J connectivity index is 1.91. The molecular formula is C23H31IN2O7. The lowest BCUT2D eigenvalue weighted by Crippen LogP contribution is -2.57. The van der Waals surface area contributed by atoms with Crippen molar-refractivity contribution < 1.29 is 34.0 Å². The minimum atomic E-state index is -1.07. The Morgan fingerprint density at radius 3 is 2.79 bits per heavy atom. The molecule has 0 spiro atoms. The van der Waals surface area contributed by atoms with E-state index in [4.69, 9.17) is 19.3 Å². The predicted molar refractivity (Wildman–Crippen MR) is 129 cm³/mol. The van der Waals surface area contributed by atoms with Crippen LogP contribution in [0.2, 0.25) is 0 Å². The standard InChI is InChI=1S/C23H31IN2O7/c1-31-12-9-26(23(30)19-7-4-11-32-19)17-13-15(22(29)25-8-10-27)14-20(21(17)28)33-18-6-3-2-5-16(18)24/h2-3,5-6,14,17,19-21,27-28H,4,7-13H2,1H3,(H,25,29). The van der Waals surface area contributed by atoms with E-state index in [1.807, 2.05) is 18.2 Å². The van der Waals surface area contributed by atoms with E-state index >= 15 is 0 Å². The summed E-state index contributed by atoms with van der Waals surface area (Å²) < 4.78 is 17.8. The third-order valence-corrected chi connectivity index (χ3v) is 6.63. The lowest BCUT2D eigenvalue weighted by atomic mass is 9.87. The van der Waals surface area contributed by atoms with E-state index in [9.17, 15) is 14.7 Å². The third-order valence-electron chi connectivity index (χ3n) is 5.74. The smallest absolute Gasteiger partial charge is 0.252 e. The average Bonchev–Trinajstić information content (AvgIpc) is 3.36. The molecule has 182 valence electrons. The van der Waals surface area contributed by atoms with Crippen LogP contribution in [0.15, 0.2) is 35.9 Å². The summed E-state index contributed by atoms with van der Waals surface area (Å²) in [5, 5.41) is 23.0. The first-order valence-corrected chi connectivity index (χ1v) is 12.1. The number of carbonyl (C=O) groups excluding carboxylic acids is 2. The van der Waals surface area contributed by atoms with Gasteiger partial charge in [0.25, 0.3) is 5.91 Å². The van der Waals surface area contributed by atoms with Gasteiger partial charge < -0.3 is 34.6 Å². The van der Waals surface area contributed by atoms with Crippen molar-refractivity contribution in [2.45, 2.75) is 43.6 Å². The van der Waals surface area contributed by atoms with Crippen LogP contribution in [0, 0.1) is 3.57 Å². The van der Waals surface area contributed by atoms with Crippen molar-refractivity contribution in [3.8, 4) is 5.75 Å². The highest BCUT2D eigenvalue weighted by molar-refractivity contribution is 14.1. The number of nitrogens with one attached hydrogen (secondary N) is 1. The Morgan fingerprint density at radius 2 is 2.12 bits per heavy atom. The zero-order valence-corrected chi connectivity index (χ0v) is 20.8. The maximum absolute atomic E-state index is 13.3. The van der Waals surface area contributed by atoms with Crippen LogP contribution in [0.4, 0.5) is 0 Å². The molecule has 1 aliphatic carbocycles. The molecule has 1 aromatic rings. The molecule has 9 nitrogen and oxygen atoms in total. The molecule has 1 fully saturated rings. The minimum absolute atomic E-state index is 0.105. The van der Waals surface area contributed by atoms with Crippen molar-refractivity contribution in [2.75, 3.05) is 40.0 Å². The number of aliphatic hydroxyl groups excluding tert-OH is 2. The zero-order chi connectivity index (χ0) is 23.8. The molecule has 3 rings (SSSR count). The molecule has 10 heteroatoms. The van der Waals surface area contributed by atoms with Crippen LogP contribution in [0.3, 0.4) is 0 Å².